The first kappa shape index (κ1) is 9.64. The maximum atomic E-state index is 8.76. The summed E-state index contributed by atoms with van der Waals surface area (Å²) in [5.41, 5.74) is 0.786. The van der Waals surface area contributed by atoms with Crippen molar-refractivity contribution in [3.05, 3.63) is 16.1 Å². The first-order chi connectivity index (χ1) is 5.72. The van der Waals surface area contributed by atoms with Crippen LogP contribution in [-0.2, 0) is 13.0 Å². The Bertz CT molecular complexity index is 235. The van der Waals surface area contributed by atoms with Crippen molar-refractivity contribution in [2.24, 2.45) is 0 Å². The van der Waals surface area contributed by atoms with Gasteiger partial charge in [0.2, 0.25) is 0 Å². The van der Waals surface area contributed by atoms with E-state index >= 15 is 0 Å². The summed E-state index contributed by atoms with van der Waals surface area (Å²) in [5, 5.41) is 11.8. The fraction of sp³-hybridized carbons (Fsp3) is 0.625. The average molecular weight is 186 g/mol. The van der Waals surface area contributed by atoms with Gasteiger partial charge in [-0.15, -0.1) is 11.3 Å². The van der Waals surface area contributed by atoms with Gasteiger partial charge in [-0.25, -0.2) is 4.98 Å². The van der Waals surface area contributed by atoms with Crippen molar-refractivity contribution in [1.29, 1.82) is 0 Å². The summed E-state index contributed by atoms with van der Waals surface area (Å²) in [7, 11) is 4.08. The zero-order chi connectivity index (χ0) is 8.97. The second-order valence-electron chi connectivity index (χ2n) is 2.94. The average Bonchev–Trinajstić information content (AvgIpc) is 2.48. The molecule has 1 rings (SSSR count). The molecule has 0 aliphatic carbocycles. The molecule has 0 bridgehead atoms. The van der Waals surface area contributed by atoms with Gasteiger partial charge < -0.3 is 10.0 Å². The van der Waals surface area contributed by atoms with Crippen LogP contribution in [-0.4, -0.2) is 35.6 Å². The summed E-state index contributed by atoms with van der Waals surface area (Å²) in [4.78, 5) is 6.37. The van der Waals surface area contributed by atoms with Crippen molar-refractivity contribution < 1.29 is 5.11 Å². The number of rotatable bonds is 4. The number of aromatic nitrogens is 1. The Morgan fingerprint density at radius 3 is 2.83 bits per heavy atom. The fourth-order valence-corrected chi connectivity index (χ4v) is 1.63. The maximum absolute atomic E-state index is 8.76. The second-order valence-corrected chi connectivity index (χ2v) is 3.89. The van der Waals surface area contributed by atoms with Crippen molar-refractivity contribution in [3.8, 4) is 0 Å². The van der Waals surface area contributed by atoms with Gasteiger partial charge in [0.25, 0.3) is 0 Å². The molecule has 0 atom stereocenters. The maximum Gasteiger partial charge on any atom is 0.0942 e. The van der Waals surface area contributed by atoms with Crippen LogP contribution in [0.15, 0.2) is 5.38 Å². The van der Waals surface area contributed by atoms with Gasteiger partial charge in [-0.2, -0.15) is 0 Å². The molecular weight excluding hydrogens is 172 g/mol. The lowest BCUT2D eigenvalue weighted by molar-refractivity contribution is 0.277. The monoisotopic (exact) mass is 186 g/mol. The number of aliphatic hydroxyl groups is 1. The number of nitrogens with zero attached hydrogens (tertiary/aromatic N) is 2. The third-order valence-corrected chi connectivity index (χ3v) is 2.49. The number of hydrogen-bond donors (Lipinski definition) is 1. The van der Waals surface area contributed by atoms with Crippen molar-refractivity contribution in [1.82, 2.24) is 9.88 Å². The molecule has 12 heavy (non-hydrogen) atoms. The Hall–Kier alpha value is -0.450. The second kappa shape index (κ2) is 4.54. The summed E-state index contributed by atoms with van der Waals surface area (Å²) >= 11 is 1.62. The van der Waals surface area contributed by atoms with Gasteiger partial charge in [0.15, 0.2) is 0 Å². The molecule has 3 nitrogen and oxygen atoms in total. The largest absolute Gasteiger partial charge is 0.390 e. The Morgan fingerprint density at radius 2 is 2.33 bits per heavy atom. The van der Waals surface area contributed by atoms with Gasteiger partial charge in [0.05, 0.1) is 17.3 Å². The van der Waals surface area contributed by atoms with Crippen LogP contribution in [0, 0.1) is 0 Å². The molecule has 0 aliphatic rings. The smallest absolute Gasteiger partial charge is 0.0942 e. The summed E-state index contributed by atoms with van der Waals surface area (Å²) in [6.07, 6.45) is 0.970. The summed E-state index contributed by atoms with van der Waals surface area (Å²) in [5.74, 6) is 0. The van der Waals surface area contributed by atoms with Crippen molar-refractivity contribution >= 4 is 11.3 Å². The van der Waals surface area contributed by atoms with E-state index in [-0.39, 0.29) is 6.61 Å². The van der Waals surface area contributed by atoms with Crippen LogP contribution in [0.25, 0.3) is 0 Å². The van der Waals surface area contributed by atoms with Crippen molar-refractivity contribution in [3.63, 3.8) is 0 Å². The van der Waals surface area contributed by atoms with Crippen LogP contribution in [0.5, 0.6) is 0 Å². The lowest BCUT2D eigenvalue weighted by Gasteiger charge is -2.06. The third kappa shape index (κ3) is 2.89. The van der Waals surface area contributed by atoms with Gasteiger partial charge in [0, 0.05) is 18.3 Å². The first-order valence-electron chi connectivity index (χ1n) is 3.91. The Balaban J connectivity index is 2.41. The SMILES string of the molecule is CN(C)CCc1nc(CO)cs1. The van der Waals surface area contributed by atoms with Gasteiger partial charge >= 0.3 is 0 Å². The molecule has 0 aromatic carbocycles. The highest BCUT2D eigenvalue weighted by Crippen LogP contribution is 2.10. The van der Waals surface area contributed by atoms with Gasteiger partial charge in [-0.05, 0) is 14.1 Å². The van der Waals surface area contributed by atoms with Crippen molar-refractivity contribution in [2.75, 3.05) is 20.6 Å². The van der Waals surface area contributed by atoms with Crippen LogP contribution in [0.4, 0.5) is 0 Å². The van der Waals surface area contributed by atoms with E-state index in [9.17, 15) is 0 Å². The normalized spacial score (nSPS) is 11.0. The number of likely N-dealkylation sites (N-methyl/N-ethyl adjacent to an activating group) is 1. The van der Waals surface area contributed by atoms with Crippen LogP contribution < -0.4 is 0 Å². The van der Waals surface area contributed by atoms with E-state index in [0.29, 0.717) is 0 Å². The van der Waals surface area contributed by atoms with E-state index in [1.54, 1.807) is 11.3 Å². The molecule has 0 radical (unpaired) electrons. The zero-order valence-electron chi connectivity index (χ0n) is 7.45. The molecule has 68 valence electrons. The minimum atomic E-state index is 0.0540. The summed E-state index contributed by atoms with van der Waals surface area (Å²) in [6, 6.07) is 0. The number of thiazole rings is 1. The molecule has 1 aromatic heterocycles. The minimum absolute atomic E-state index is 0.0540. The van der Waals surface area contributed by atoms with E-state index in [4.69, 9.17) is 5.11 Å². The number of hydrogen-bond acceptors (Lipinski definition) is 4. The Labute approximate surface area is 76.7 Å². The standard InChI is InChI=1S/C8H14N2OS/c1-10(2)4-3-8-9-7(5-11)6-12-8/h6,11H,3-5H2,1-2H3. The molecule has 0 amide bonds. The summed E-state index contributed by atoms with van der Waals surface area (Å²) in [6.45, 7) is 1.07. The first-order valence-corrected chi connectivity index (χ1v) is 4.79. The van der Waals surface area contributed by atoms with Crippen LogP contribution in [0.2, 0.25) is 0 Å². The molecule has 0 fully saturated rings. The van der Waals surface area contributed by atoms with E-state index in [1.807, 2.05) is 19.5 Å². The molecule has 1 aromatic rings. The molecule has 0 unspecified atom stereocenters. The summed E-state index contributed by atoms with van der Waals surface area (Å²) < 4.78 is 0. The molecule has 0 spiro atoms. The molecule has 0 aliphatic heterocycles. The highest BCUT2D eigenvalue weighted by molar-refractivity contribution is 7.09. The molecule has 0 saturated heterocycles. The molecule has 0 saturated carbocycles. The molecule has 4 heteroatoms. The number of aliphatic hydroxyl groups excluding tert-OH is 1. The third-order valence-electron chi connectivity index (χ3n) is 1.53. The molecule has 1 heterocycles. The Kier molecular flexibility index (Phi) is 3.65. The molecular formula is C8H14N2OS. The fourth-order valence-electron chi connectivity index (χ4n) is 0.856. The highest BCUT2D eigenvalue weighted by Gasteiger charge is 2.00. The van der Waals surface area contributed by atoms with Gasteiger partial charge in [-0.1, -0.05) is 0 Å². The van der Waals surface area contributed by atoms with E-state index in [1.165, 1.54) is 0 Å². The predicted molar refractivity (Wildman–Crippen MR) is 50.3 cm³/mol. The topological polar surface area (TPSA) is 36.4 Å². The highest BCUT2D eigenvalue weighted by atomic mass is 32.1. The minimum Gasteiger partial charge on any atom is -0.390 e. The Morgan fingerprint density at radius 1 is 1.58 bits per heavy atom. The van der Waals surface area contributed by atoms with Crippen LogP contribution in [0.3, 0.4) is 0 Å². The van der Waals surface area contributed by atoms with Crippen LogP contribution in [0.1, 0.15) is 10.7 Å². The van der Waals surface area contributed by atoms with E-state index in [0.717, 1.165) is 23.7 Å². The van der Waals surface area contributed by atoms with Gasteiger partial charge in [-0.3, -0.25) is 0 Å². The van der Waals surface area contributed by atoms with Crippen molar-refractivity contribution in [2.45, 2.75) is 13.0 Å². The van der Waals surface area contributed by atoms with Gasteiger partial charge in [0.1, 0.15) is 0 Å². The lowest BCUT2D eigenvalue weighted by Crippen LogP contribution is -2.14. The lowest BCUT2D eigenvalue weighted by atomic mass is 10.4. The van der Waals surface area contributed by atoms with Crippen LogP contribution >= 0.6 is 11.3 Å². The molecule has 1 N–H and O–H groups in total. The van der Waals surface area contributed by atoms with E-state index < -0.39 is 0 Å². The zero-order valence-corrected chi connectivity index (χ0v) is 8.27. The quantitative estimate of drug-likeness (QED) is 0.753. The predicted octanol–water partition coefficient (Wildman–Crippen LogP) is 0.739. The van der Waals surface area contributed by atoms with E-state index in [2.05, 4.69) is 9.88 Å².